The average Bonchev–Trinajstić information content (AvgIpc) is 3.35. The lowest BCUT2D eigenvalue weighted by Crippen LogP contribution is -2.30. The van der Waals surface area contributed by atoms with Gasteiger partial charge in [-0.25, -0.2) is 0 Å². The van der Waals surface area contributed by atoms with Crippen molar-refractivity contribution < 1.29 is 28.6 Å². The first-order valence-electron chi connectivity index (χ1n) is 27.0. The summed E-state index contributed by atoms with van der Waals surface area (Å²) < 4.78 is 16.7. The van der Waals surface area contributed by atoms with Crippen LogP contribution in [0.15, 0.2) is 158 Å². The van der Waals surface area contributed by atoms with Crippen LogP contribution in [-0.2, 0) is 28.6 Å². The number of allylic oxidation sites excluding steroid dienone is 25. The molecular formula is C63H96O6. The Hall–Kier alpha value is -4.97. The standard InChI is InChI=1S/C63H96O6/c1-4-7-10-13-16-19-22-25-28-29-30-31-32-33-36-38-41-44-47-50-53-56-62(65)68-59-60(69-63(66)57-54-51-48-45-42-39-35-27-24-21-18-15-12-9-6-3)58-67-61(64)55-52-49-46-43-40-37-34-26-23-20-17-14-11-8-5-2/h7,9-10,12,16-21,25-28,30-31,33-36,41-42,44-45,51,54,60H,4-6,8,11,13-15,22-24,29,32,37-40,43,46-50,52-53,55-59H2,1-3H3/b10-7-,12-9-,19-16-,20-17-,21-18-,28-25-,31-30-,34-26-,35-27-,36-33-,44-41-,45-42-,54-51-. The third-order valence-electron chi connectivity index (χ3n) is 10.5. The van der Waals surface area contributed by atoms with E-state index in [2.05, 4.69) is 167 Å². The van der Waals surface area contributed by atoms with E-state index in [9.17, 15) is 14.4 Å². The predicted molar refractivity (Wildman–Crippen MR) is 297 cm³/mol. The Morgan fingerprint density at radius 3 is 0.986 bits per heavy atom. The monoisotopic (exact) mass is 949 g/mol. The van der Waals surface area contributed by atoms with Crippen molar-refractivity contribution in [3.05, 3.63) is 158 Å². The number of unbranched alkanes of at least 4 members (excludes halogenated alkanes) is 10. The van der Waals surface area contributed by atoms with Gasteiger partial charge >= 0.3 is 17.9 Å². The van der Waals surface area contributed by atoms with E-state index in [1.54, 1.807) is 6.08 Å². The summed E-state index contributed by atoms with van der Waals surface area (Å²) in [5.74, 6) is -1.15. The first kappa shape index (κ1) is 64.0. The molecule has 0 aliphatic rings. The van der Waals surface area contributed by atoms with Gasteiger partial charge in [-0.05, 0) is 128 Å². The topological polar surface area (TPSA) is 78.9 Å². The van der Waals surface area contributed by atoms with E-state index in [4.69, 9.17) is 14.2 Å². The van der Waals surface area contributed by atoms with E-state index < -0.39 is 12.1 Å². The van der Waals surface area contributed by atoms with E-state index >= 15 is 0 Å². The van der Waals surface area contributed by atoms with Crippen LogP contribution in [0.1, 0.15) is 201 Å². The molecule has 0 aromatic rings. The van der Waals surface area contributed by atoms with E-state index in [1.807, 2.05) is 6.08 Å². The summed E-state index contributed by atoms with van der Waals surface area (Å²) in [5.41, 5.74) is 0. The molecule has 6 nitrogen and oxygen atoms in total. The molecule has 6 heteroatoms. The van der Waals surface area contributed by atoms with Gasteiger partial charge in [-0.15, -0.1) is 0 Å². The lowest BCUT2D eigenvalue weighted by Gasteiger charge is -2.18. The van der Waals surface area contributed by atoms with Gasteiger partial charge in [-0.3, -0.25) is 14.4 Å². The van der Waals surface area contributed by atoms with Crippen LogP contribution in [0.5, 0.6) is 0 Å². The van der Waals surface area contributed by atoms with Crippen molar-refractivity contribution in [3.63, 3.8) is 0 Å². The molecule has 1 atom stereocenters. The molecule has 0 radical (unpaired) electrons. The summed E-state index contributed by atoms with van der Waals surface area (Å²) in [6.45, 7) is 6.22. The molecule has 0 aromatic carbocycles. The van der Waals surface area contributed by atoms with Gasteiger partial charge in [0, 0.05) is 12.8 Å². The van der Waals surface area contributed by atoms with Gasteiger partial charge < -0.3 is 14.2 Å². The number of carbonyl (C=O) groups excluding carboxylic acids is 3. The van der Waals surface area contributed by atoms with E-state index in [1.165, 1.54) is 25.7 Å². The molecule has 0 saturated carbocycles. The predicted octanol–water partition coefficient (Wildman–Crippen LogP) is 18.2. The summed E-state index contributed by atoms with van der Waals surface area (Å²) >= 11 is 0. The van der Waals surface area contributed by atoms with Gasteiger partial charge in [-0.1, -0.05) is 211 Å². The van der Waals surface area contributed by atoms with Crippen molar-refractivity contribution in [1.29, 1.82) is 0 Å². The molecule has 0 aliphatic heterocycles. The molecule has 0 fully saturated rings. The smallest absolute Gasteiger partial charge is 0.310 e. The number of hydrogen-bond acceptors (Lipinski definition) is 6. The Kier molecular flexibility index (Phi) is 51.6. The van der Waals surface area contributed by atoms with Crippen molar-refractivity contribution in [2.75, 3.05) is 13.2 Å². The highest BCUT2D eigenvalue weighted by atomic mass is 16.6. The van der Waals surface area contributed by atoms with Crippen molar-refractivity contribution in [1.82, 2.24) is 0 Å². The van der Waals surface area contributed by atoms with Crippen LogP contribution in [-0.4, -0.2) is 37.2 Å². The minimum Gasteiger partial charge on any atom is -0.462 e. The largest absolute Gasteiger partial charge is 0.462 e. The number of esters is 3. The zero-order valence-corrected chi connectivity index (χ0v) is 43.8. The molecule has 384 valence electrons. The molecule has 0 heterocycles. The maximum absolute atomic E-state index is 12.8. The van der Waals surface area contributed by atoms with Crippen LogP contribution in [0.4, 0.5) is 0 Å². The second kappa shape index (κ2) is 55.6. The van der Waals surface area contributed by atoms with Crippen LogP contribution in [0.25, 0.3) is 0 Å². The highest BCUT2D eigenvalue weighted by Gasteiger charge is 2.19. The van der Waals surface area contributed by atoms with Crippen LogP contribution >= 0.6 is 0 Å². The maximum Gasteiger partial charge on any atom is 0.310 e. The molecule has 1 unspecified atom stereocenters. The van der Waals surface area contributed by atoms with Crippen LogP contribution in [0.3, 0.4) is 0 Å². The number of hydrogen-bond donors (Lipinski definition) is 0. The van der Waals surface area contributed by atoms with Gasteiger partial charge in [0.2, 0.25) is 0 Å². The molecule has 0 spiro atoms. The fraction of sp³-hybridized carbons (Fsp3) is 0.540. The fourth-order valence-electron chi connectivity index (χ4n) is 6.55. The Morgan fingerprint density at radius 2 is 0.609 bits per heavy atom. The Morgan fingerprint density at radius 1 is 0.319 bits per heavy atom. The molecule has 69 heavy (non-hydrogen) atoms. The summed E-state index contributed by atoms with van der Waals surface area (Å²) in [6.07, 6.45) is 81.1. The quantitative estimate of drug-likeness (QED) is 0.0262. The van der Waals surface area contributed by atoms with E-state index in [0.717, 1.165) is 122 Å². The summed E-state index contributed by atoms with van der Waals surface area (Å²) in [5, 5.41) is 0. The molecule has 0 saturated heterocycles. The minimum atomic E-state index is -0.864. The van der Waals surface area contributed by atoms with Crippen molar-refractivity contribution in [2.45, 2.75) is 207 Å². The van der Waals surface area contributed by atoms with Gasteiger partial charge in [0.25, 0.3) is 0 Å². The number of ether oxygens (including phenoxy) is 3. The fourth-order valence-corrected chi connectivity index (χ4v) is 6.55. The van der Waals surface area contributed by atoms with Gasteiger partial charge in [0.05, 0.1) is 6.42 Å². The summed E-state index contributed by atoms with van der Waals surface area (Å²) in [6, 6.07) is 0. The van der Waals surface area contributed by atoms with Crippen LogP contribution in [0.2, 0.25) is 0 Å². The highest BCUT2D eigenvalue weighted by Crippen LogP contribution is 2.11. The zero-order valence-electron chi connectivity index (χ0n) is 43.8. The molecule has 0 aliphatic carbocycles. The second-order valence-electron chi connectivity index (χ2n) is 17.0. The molecule has 0 aromatic heterocycles. The first-order valence-corrected chi connectivity index (χ1v) is 27.0. The van der Waals surface area contributed by atoms with E-state index in [-0.39, 0.29) is 38.0 Å². The third-order valence-corrected chi connectivity index (χ3v) is 10.5. The third kappa shape index (κ3) is 53.8. The SMILES string of the molecule is CC/C=C\C/C=C\C/C=C\C/C=C\C/C=C\C/C=C\CCCCC(=O)OCC(COC(=O)CCCCCCC/C=C\C/C=C\CCCCC)OC(=O)C/C=C\C/C=C\C/C=C\C/C=C\C/C=C\CC. The Labute approximate surface area is 422 Å². The van der Waals surface area contributed by atoms with Crippen molar-refractivity contribution >= 4 is 17.9 Å². The second-order valence-corrected chi connectivity index (χ2v) is 17.0. The lowest BCUT2D eigenvalue weighted by molar-refractivity contribution is -0.166. The van der Waals surface area contributed by atoms with Crippen LogP contribution < -0.4 is 0 Å². The molecular weight excluding hydrogens is 853 g/mol. The summed E-state index contributed by atoms with van der Waals surface area (Å²) in [7, 11) is 0. The normalized spacial score (nSPS) is 13.4. The van der Waals surface area contributed by atoms with Gasteiger partial charge in [0.1, 0.15) is 13.2 Å². The average molecular weight is 949 g/mol. The molecule has 0 N–H and O–H groups in total. The van der Waals surface area contributed by atoms with Gasteiger partial charge in [0.15, 0.2) is 6.10 Å². The zero-order chi connectivity index (χ0) is 50.0. The molecule has 0 bridgehead atoms. The Bertz CT molecular complexity index is 1610. The maximum atomic E-state index is 12.8. The lowest BCUT2D eigenvalue weighted by atomic mass is 10.1. The minimum absolute atomic E-state index is 0.0759. The van der Waals surface area contributed by atoms with Crippen LogP contribution in [0, 0.1) is 0 Å². The number of rotatable bonds is 46. The summed E-state index contributed by atoms with van der Waals surface area (Å²) in [4.78, 5) is 38.0. The van der Waals surface area contributed by atoms with Crippen molar-refractivity contribution in [3.8, 4) is 0 Å². The van der Waals surface area contributed by atoms with Crippen molar-refractivity contribution in [2.24, 2.45) is 0 Å². The number of carbonyl (C=O) groups is 3. The molecule has 0 rings (SSSR count). The highest BCUT2D eigenvalue weighted by molar-refractivity contribution is 5.72. The Balaban J connectivity index is 4.62. The van der Waals surface area contributed by atoms with E-state index in [0.29, 0.717) is 19.3 Å². The van der Waals surface area contributed by atoms with Gasteiger partial charge in [-0.2, -0.15) is 0 Å². The first-order chi connectivity index (χ1) is 34.0. The molecule has 0 amide bonds.